The van der Waals surface area contributed by atoms with E-state index in [1.165, 1.54) is 43.5 Å². The second-order valence-electron chi connectivity index (χ2n) is 4.61. The molecule has 0 aliphatic carbocycles. The van der Waals surface area contributed by atoms with Crippen molar-refractivity contribution in [2.45, 2.75) is 23.3 Å². The van der Waals surface area contributed by atoms with Crippen LogP contribution in [0.5, 0.6) is 5.75 Å². The van der Waals surface area contributed by atoms with Crippen molar-refractivity contribution in [3.8, 4) is 5.75 Å². The monoisotopic (exact) mass is 320 g/mol. The molecule has 2 rings (SSSR count). The van der Waals surface area contributed by atoms with Gasteiger partial charge in [0.25, 0.3) is 0 Å². The highest BCUT2D eigenvalue weighted by atomic mass is 32.2. The van der Waals surface area contributed by atoms with Crippen molar-refractivity contribution < 1.29 is 17.9 Å². The third-order valence-electron chi connectivity index (χ3n) is 2.90. The Balaban J connectivity index is 2.27. The van der Waals surface area contributed by atoms with Crippen LogP contribution in [0.3, 0.4) is 0 Å². The molecule has 7 heteroatoms. The van der Waals surface area contributed by atoms with Crippen molar-refractivity contribution in [2.24, 2.45) is 5.73 Å². The largest absolute Gasteiger partial charge is 0.427 e. The van der Waals surface area contributed by atoms with Gasteiger partial charge in [0.2, 0.25) is 9.84 Å². The van der Waals surface area contributed by atoms with E-state index in [-0.39, 0.29) is 15.7 Å². The first-order chi connectivity index (χ1) is 10.4. The molecule has 0 aliphatic rings. The SMILES string of the molecule is CC(=O)Oc1ccc(S(=O)(=O)c2ccc(CCN)cn2)cc1. The summed E-state index contributed by atoms with van der Waals surface area (Å²) in [6.45, 7) is 1.75. The molecule has 1 aromatic heterocycles. The molecule has 0 fully saturated rings. The lowest BCUT2D eigenvalue weighted by Gasteiger charge is -2.06. The molecule has 2 N–H and O–H groups in total. The molecule has 0 spiro atoms. The average Bonchev–Trinajstić information content (AvgIpc) is 2.48. The van der Waals surface area contributed by atoms with Gasteiger partial charge in [0.1, 0.15) is 5.75 Å². The Bertz CT molecular complexity index is 753. The zero-order valence-corrected chi connectivity index (χ0v) is 12.8. The molecule has 0 saturated heterocycles. The van der Waals surface area contributed by atoms with Gasteiger partial charge >= 0.3 is 5.97 Å². The molecule has 0 aliphatic heterocycles. The van der Waals surface area contributed by atoms with Crippen LogP contribution < -0.4 is 10.5 Å². The number of aromatic nitrogens is 1. The van der Waals surface area contributed by atoms with Crippen LogP contribution in [-0.2, 0) is 21.1 Å². The summed E-state index contributed by atoms with van der Waals surface area (Å²) in [7, 11) is -3.70. The Morgan fingerprint density at radius 1 is 1.18 bits per heavy atom. The van der Waals surface area contributed by atoms with E-state index in [1.54, 1.807) is 6.07 Å². The van der Waals surface area contributed by atoms with Crippen LogP contribution in [0, 0.1) is 0 Å². The molecule has 0 amide bonds. The first kappa shape index (κ1) is 16.1. The number of pyridine rings is 1. The molecule has 2 aromatic rings. The molecule has 1 heterocycles. The second-order valence-corrected chi connectivity index (χ2v) is 6.51. The van der Waals surface area contributed by atoms with Gasteiger partial charge in [-0.05, 0) is 48.9 Å². The summed E-state index contributed by atoms with van der Waals surface area (Å²) < 4.78 is 29.8. The van der Waals surface area contributed by atoms with Crippen LogP contribution in [0.25, 0.3) is 0 Å². The highest BCUT2D eigenvalue weighted by Gasteiger charge is 2.19. The lowest BCUT2D eigenvalue weighted by molar-refractivity contribution is -0.131. The molecule has 1 aromatic carbocycles. The summed E-state index contributed by atoms with van der Waals surface area (Å²) in [6.07, 6.45) is 2.15. The zero-order chi connectivity index (χ0) is 16.2. The average molecular weight is 320 g/mol. The highest BCUT2D eigenvalue weighted by Crippen LogP contribution is 2.22. The molecule has 0 unspecified atom stereocenters. The third-order valence-corrected chi connectivity index (χ3v) is 4.59. The topological polar surface area (TPSA) is 99.4 Å². The van der Waals surface area contributed by atoms with Crippen molar-refractivity contribution in [2.75, 3.05) is 6.54 Å². The van der Waals surface area contributed by atoms with Crippen molar-refractivity contribution in [3.05, 3.63) is 48.2 Å². The molecule has 22 heavy (non-hydrogen) atoms. The second kappa shape index (κ2) is 6.67. The fourth-order valence-corrected chi connectivity index (χ4v) is 3.03. The summed E-state index contributed by atoms with van der Waals surface area (Å²) in [6, 6.07) is 8.76. The Morgan fingerprint density at radius 3 is 2.36 bits per heavy atom. The molecule has 116 valence electrons. The Kier molecular flexibility index (Phi) is 4.89. The van der Waals surface area contributed by atoms with Crippen LogP contribution >= 0.6 is 0 Å². The van der Waals surface area contributed by atoms with Gasteiger partial charge in [0.15, 0.2) is 5.03 Å². The maximum atomic E-state index is 12.4. The molecule has 0 saturated carbocycles. The van der Waals surface area contributed by atoms with Crippen molar-refractivity contribution in [1.82, 2.24) is 4.98 Å². The molecule has 0 bridgehead atoms. The number of hydrogen-bond donors (Lipinski definition) is 1. The Labute approximate surface area is 128 Å². The Morgan fingerprint density at radius 2 is 1.86 bits per heavy atom. The predicted molar refractivity (Wildman–Crippen MR) is 80.2 cm³/mol. The predicted octanol–water partition coefficient (Wildman–Crippen LogP) is 1.34. The van der Waals surface area contributed by atoms with Gasteiger partial charge in [-0.25, -0.2) is 13.4 Å². The minimum Gasteiger partial charge on any atom is -0.427 e. The summed E-state index contributed by atoms with van der Waals surface area (Å²) in [5.74, 6) is -0.175. The number of sulfone groups is 1. The number of esters is 1. The summed E-state index contributed by atoms with van der Waals surface area (Å²) >= 11 is 0. The van der Waals surface area contributed by atoms with Gasteiger partial charge in [-0.15, -0.1) is 0 Å². The molecular formula is C15H16N2O4S. The quantitative estimate of drug-likeness (QED) is 0.659. The van der Waals surface area contributed by atoms with Crippen LogP contribution in [0.1, 0.15) is 12.5 Å². The van der Waals surface area contributed by atoms with Gasteiger partial charge < -0.3 is 10.5 Å². The van der Waals surface area contributed by atoms with Gasteiger partial charge in [0.05, 0.1) is 4.90 Å². The van der Waals surface area contributed by atoms with Gasteiger partial charge in [-0.3, -0.25) is 4.79 Å². The number of hydrogen-bond acceptors (Lipinski definition) is 6. The van der Waals surface area contributed by atoms with E-state index >= 15 is 0 Å². The van der Waals surface area contributed by atoms with E-state index in [0.717, 1.165) is 5.56 Å². The summed E-state index contributed by atoms with van der Waals surface area (Å²) in [5, 5.41) is -0.0338. The molecule has 0 radical (unpaired) electrons. The van der Waals surface area contributed by atoms with Crippen LogP contribution in [0.15, 0.2) is 52.5 Å². The van der Waals surface area contributed by atoms with E-state index in [2.05, 4.69) is 4.98 Å². The number of benzene rings is 1. The van der Waals surface area contributed by atoms with E-state index < -0.39 is 15.8 Å². The van der Waals surface area contributed by atoms with E-state index in [9.17, 15) is 13.2 Å². The Hall–Kier alpha value is -2.25. The standard InChI is InChI=1S/C15H16N2O4S/c1-11(18)21-13-3-5-14(6-4-13)22(19,20)15-7-2-12(8-9-16)10-17-15/h2-7,10H,8-9,16H2,1H3. The van der Waals surface area contributed by atoms with Crippen LogP contribution in [0.4, 0.5) is 0 Å². The summed E-state index contributed by atoms with van der Waals surface area (Å²) in [4.78, 5) is 14.9. The van der Waals surface area contributed by atoms with Crippen molar-refractivity contribution in [1.29, 1.82) is 0 Å². The van der Waals surface area contributed by atoms with Crippen molar-refractivity contribution >= 4 is 15.8 Å². The van der Waals surface area contributed by atoms with E-state index in [4.69, 9.17) is 10.5 Å². The number of rotatable bonds is 5. The van der Waals surface area contributed by atoms with Crippen LogP contribution in [-0.4, -0.2) is 25.9 Å². The summed E-state index contributed by atoms with van der Waals surface area (Å²) in [5.41, 5.74) is 6.32. The number of nitrogens with two attached hydrogens (primary N) is 1. The van der Waals surface area contributed by atoms with E-state index in [0.29, 0.717) is 13.0 Å². The fraction of sp³-hybridized carbons (Fsp3) is 0.200. The van der Waals surface area contributed by atoms with Crippen LogP contribution in [0.2, 0.25) is 0 Å². The third kappa shape index (κ3) is 3.69. The minimum absolute atomic E-state index is 0.0338. The zero-order valence-electron chi connectivity index (χ0n) is 12.0. The minimum atomic E-state index is -3.70. The van der Waals surface area contributed by atoms with Gasteiger partial charge in [-0.1, -0.05) is 6.07 Å². The normalized spacial score (nSPS) is 11.2. The lowest BCUT2D eigenvalue weighted by atomic mass is 10.2. The number of nitrogens with zero attached hydrogens (tertiary/aromatic N) is 1. The first-order valence-electron chi connectivity index (χ1n) is 6.62. The lowest BCUT2D eigenvalue weighted by Crippen LogP contribution is -2.07. The maximum Gasteiger partial charge on any atom is 0.308 e. The number of carbonyl (C=O) groups is 1. The van der Waals surface area contributed by atoms with Crippen molar-refractivity contribution in [3.63, 3.8) is 0 Å². The number of ether oxygens (including phenoxy) is 1. The smallest absolute Gasteiger partial charge is 0.308 e. The fourth-order valence-electron chi connectivity index (χ4n) is 1.86. The van der Waals surface area contributed by atoms with Gasteiger partial charge in [0, 0.05) is 13.1 Å². The molecule has 6 nitrogen and oxygen atoms in total. The van der Waals surface area contributed by atoms with Gasteiger partial charge in [-0.2, -0.15) is 0 Å². The molecule has 0 atom stereocenters. The first-order valence-corrected chi connectivity index (χ1v) is 8.10. The van der Waals surface area contributed by atoms with E-state index in [1.807, 2.05) is 0 Å². The number of carbonyl (C=O) groups excluding carboxylic acids is 1. The molecular weight excluding hydrogens is 304 g/mol. The highest BCUT2D eigenvalue weighted by molar-refractivity contribution is 7.91. The maximum absolute atomic E-state index is 12.4.